The van der Waals surface area contributed by atoms with E-state index in [0.29, 0.717) is 6.42 Å². The molecule has 3 nitrogen and oxygen atoms in total. The Bertz CT molecular complexity index is 1060. The lowest BCUT2D eigenvalue weighted by Crippen LogP contribution is -2.23. The van der Waals surface area contributed by atoms with E-state index in [1.807, 2.05) is 60.5 Å². The zero-order chi connectivity index (χ0) is 20.6. The molecule has 0 aliphatic carbocycles. The van der Waals surface area contributed by atoms with Gasteiger partial charge in [0, 0.05) is 24.1 Å². The highest BCUT2D eigenvalue weighted by Gasteiger charge is 2.32. The summed E-state index contributed by atoms with van der Waals surface area (Å²) in [6.07, 6.45) is -4.00. The van der Waals surface area contributed by atoms with E-state index in [-0.39, 0.29) is 11.6 Å². The number of nitrogens with zero attached hydrogens (tertiary/aromatic N) is 1. The van der Waals surface area contributed by atoms with Crippen LogP contribution in [0.25, 0.3) is 0 Å². The van der Waals surface area contributed by atoms with Crippen LogP contribution in [0.4, 0.5) is 30.2 Å². The minimum absolute atomic E-state index is 0.133. The van der Waals surface area contributed by atoms with E-state index in [0.717, 1.165) is 34.6 Å². The van der Waals surface area contributed by atoms with Gasteiger partial charge in [-0.1, -0.05) is 42.5 Å². The summed E-state index contributed by atoms with van der Waals surface area (Å²) in [6, 6.07) is 20.2. The highest BCUT2D eigenvalue weighted by molar-refractivity contribution is 5.98. The van der Waals surface area contributed by atoms with Crippen LogP contribution in [0.3, 0.4) is 0 Å². The average Bonchev–Trinajstić information content (AvgIpc) is 2.83. The zero-order valence-electron chi connectivity index (χ0n) is 15.7. The summed E-state index contributed by atoms with van der Waals surface area (Å²) in [5.41, 5.74) is 3.11. The molecule has 1 aliphatic heterocycles. The molecule has 1 heterocycles. The number of fused-ring (bicyclic) bond motifs is 2. The first-order valence-electron chi connectivity index (χ1n) is 9.23. The fourth-order valence-electron chi connectivity index (χ4n) is 3.79. The third kappa shape index (κ3) is 3.70. The lowest BCUT2D eigenvalue weighted by molar-refractivity contribution is -0.137. The van der Waals surface area contributed by atoms with Crippen LogP contribution in [0.5, 0.6) is 0 Å². The molecule has 148 valence electrons. The van der Waals surface area contributed by atoms with Gasteiger partial charge in [0.2, 0.25) is 5.91 Å². The molecule has 1 unspecified atom stereocenters. The van der Waals surface area contributed by atoms with Gasteiger partial charge in [0.1, 0.15) is 0 Å². The van der Waals surface area contributed by atoms with E-state index in [9.17, 15) is 18.0 Å². The Labute approximate surface area is 166 Å². The van der Waals surface area contributed by atoms with Crippen LogP contribution >= 0.6 is 0 Å². The second kappa shape index (κ2) is 7.28. The molecule has 1 aliphatic rings. The molecule has 4 rings (SSSR count). The lowest BCUT2D eigenvalue weighted by Gasteiger charge is -2.22. The highest BCUT2D eigenvalue weighted by atomic mass is 19.4. The Morgan fingerprint density at radius 3 is 2.41 bits per heavy atom. The topological polar surface area (TPSA) is 32.3 Å². The van der Waals surface area contributed by atoms with E-state index in [2.05, 4.69) is 5.32 Å². The number of benzene rings is 3. The molecule has 0 saturated heterocycles. The maximum absolute atomic E-state index is 13.1. The molecule has 0 spiro atoms. The quantitative estimate of drug-likeness (QED) is 0.598. The van der Waals surface area contributed by atoms with Gasteiger partial charge in [-0.2, -0.15) is 13.2 Å². The molecule has 1 N–H and O–H groups in total. The summed E-state index contributed by atoms with van der Waals surface area (Å²) >= 11 is 0. The number of carbonyl (C=O) groups is 1. The number of hydrogen-bond donors (Lipinski definition) is 1. The standard InChI is InChI=1S/C23H19F3N2O/c1-28-20-11-4-2-7-15(20)13-19(18-10-3-5-12-21(18)28)22(29)27-17-9-6-8-16(14-17)23(24,25)26/h2-12,14,19H,13H2,1H3,(H,27,29). The van der Waals surface area contributed by atoms with Crippen molar-refractivity contribution in [3.8, 4) is 0 Å². The van der Waals surface area contributed by atoms with Gasteiger partial charge in [0.15, 0.2) is 0 Å². The summed E-state index contributed by atoms with van der Waals surface area (Å²) in [5.74, 6) is -0.853. The number of halogens is 3. The van der Waals surface area contributed by atoms with Gasteiger partial charge in [0.05, 0.1) is 11.5 Å². The molecule has 1 atom stereocenters. The van der Waals surface area contributed by atoms with E-state index < -0.39 is 17.7 Å². The van der Waals surface area contributed by atoms with Crippen molar-refractivity contribution in [2.45, 2.75) is 18.5 Å². The summed E-state index contributed by atoms with van der Waals surface area (Å²) in [5, 5.41) is 2.68. The Balaban J connectivity index is 1.71. The molecule has 0 bridgehead atoms. The summed E-state index contributed by atoms with van der Waals surface area (Å²) in [4.78, 5) is 15.2. The third-order valence-corrected chi connectivity index (χ3v) is 5.22. The lowest BCUT2D eigenvalue weighted by atomic mass is 9.91. The Kier molecular flexibility index (Phi) is 4.78. The molecule has 0 fully saturated rings. The van der Waals surface area contributed by atoms with E-state index in [1.165, 1.54) is 12.1 Å². The smallest absolute Gasteiger partial charge is 0.344 e. The van der Waals surface area contributed by atoms with Crippen molar-refractivity contribution in [3.05, 3.63) is 89.5 Å². The van der Waals surface area contributed by atoms with Crippen molar-refractivity contribution >= 4 is 23.0 Å². The maximum atomic E-state index is 13.1. The van der Waals surface area contributed by atoms with Gasteiger partial charge in [-0.25, -0.2) is 0 Å². The van der Waals surface area contributed by atoms with Crippen molar-refractivity contribution in [2.24, 2.45) is 0 Å². The number of para-hydroxylation sites is 2. The van der Waals surface area contributed by atoms with Crippen LogP contribution in [-0.2, 0) is 17.4 Å². The number of amides is 1. The second-order valence-corrected chi connectivity index (χ2v) is 7.07. The Hall–Kier alpha value is -3.28. The second-order valence-electron chi connectivity index (χ2n) is 7.07. The van der Waals surface area contributed by atoms with Crippen LogP contribution in [0, 0.1) is 0 Å². The minimum atomic E-state index is -4.46. The molecular formula is C23H19F3N2O. The SMILES string of the molecule is CN1c2ccccc2CC(C(=O)Nc2cccc(C(F)(F)F)c2)c2ccccc21. The first kappa shape index (κ1) is 19.1. The van der Waals surface area contributed by atoms with Crippen molar-refractivity contribution in [2.75, 3.05) is 17.3 Å². The normalized spacial score (nSPS) is 15.9. The predicted molar refractivity (Wildman–Crippen MR) is 107 cm³/mol. The first-order chi connectivity index (χ1) is 13.8. The van der Waals surface area contributed by atoms with Crippen molar-refractivity contribution in [3.63, 3.8) is 0 Å². The largest absolute Gasteiger partial charge is 0.416 e. The minimum Gasteiger partial charge on any atom is -0.344 e. The van der Waals surface area contributed by atoms with Gasteiger partial charge in [-0.05, 0) is 47.9 Å². The molecule has 0 aromatic heterocycles. The first-order valence-corrected chi connectivity index (χ1v) is 9.23. The maximum Gasteiger partial charge on any atom is 0.416 e. The number of alkyl halides is 3. The monoisotopic (exact) mass is 396 g/mol. The van der Waals surface area contributed by atoms with Crippen LogP contribution in [0.2, 0.25) is 0 Å². The number of hydrogen-bond acceptors (Lipinski definition) is 2. The number of nitrogens with one attached hydrogen (secondary N) is 1. The molecule has 3 aromatic rings. The van der Waals surface area contributed by atoms with E-state index in [1.54, 1.807) is 0 Å². The predicted octanol–water partition coefficient (Wildman–Crippen LogP) is 5.75. The summed E-state index contributed by atoms with van der Waals surface area (Å²) < 4.78 is 39.0. The molecule has 0 saturated carbocycles. The van der Waals surface area contributed by atoms with Crippen molar-refractivity contribution in [1.82, 2.24) is 0 Å². The van der Waals surface area contributed by atoms with Gasteiger partial charge in [-0.15, -0.1) is 0 Å². The molecule has 6 heteroatoms. The number of anilines is 3. The van der Waals surface area contributed by atoms with E-state index in [4.69, 9.17) is 0 Å². The Morgan fingerprint density at radius 1 is 0.966 bits per heavy atom. The van der Waals surface area contributed by atoms with Crippen LogP contribution in [0.1, 0.15) is 22.6 Å². The van der Waals surface area contributed by atoms with Crippen LogP contribution < -0.4 is 10.2 Å². The van der Waals surface area contributed by atoms with E-state index >= 15 is 0 Å². The van der Waals surface area contributed by atoms with Crippen LogP contribution in [-0.4, -0.2) is 13.0 Å². The molecule has 1 amide bonds. The van der Waals surface area contributed by atoms with Crippen molar-refractivity contribution in [1.29, 1.82) is 0 Å². The van der Waals surface area contributed by atoms with Gasteiger partial charge in [0.25, 0.3) is 0 Å². The van der Waals surface area contributed by atoms with Crippen molar-refractivity contribution < 1.29 is 18.0 Å². The van der Waals surface area contributed by atoms with Gasteiger partial charge >= 0.3 is 6.18 Å². The fraction of sp³-hybridized carbons (Fsp3) is 0.174. The number of rotatable bonds is 2. The summed E-state index contributed by atoms with van der Waals surface area (Å²) in [7, 11) is 1.95. The van der Waals surface area contributed by atoms with Gasteiger partial charge < -0.3 is 10.2 Å². The van der Waals surface area contributed by atoms with Gasteiger partial charge in [-0.3, -0.25) is 4.79 Å². The average molecular weight is 396 g/mol. The molecule has 3 aromatic carbocycles. The van der Waals surface area contributed by atoms with Crippen LogP contribution in [0.15, 0.2) is 72.8 Å². The number of carbonyl (C=O) groups excluding carboxylic acids is 1. The molecular weight excluding hydrogens is 377 g/mol. The molecule has 29 heavy (non-hydrogen) atoms. The highest BCUT2D eigenvalue weighted by Crippen LogP contribution is 2.40. The Morgan fingerprint density at radius 2 is 1.66 bits per heavy atom. The fourth-order valence-corrected chi connectivity index (χ4v) is 3.79. The summed E-state index contributed by atoms with van der Waals surface area (Å²) in [6.45, 7) is 0. The third-order valence-electron chi connectivity index (χ3n) is 5.22. The zero-order valence-corrected chi connectivity index (χ0v) is 15.7. The molecule has 0 radical (unpaired) electrons.